The van der Waals surface area contributed by atoms with Crippen molar-refractivity contribution in [2.45, 2.75) is 231 Å². The number of carbonyl (C=O) groups is 1. The Labute approximate surface area is 359 Å². The van der Waals surface area contributed by atoms with Gasteiger partial charge in [-0.25, -0.2) is 0 Å². The number of hydrogen-bond acceptors (Lipinski definition) is 6. The van der Waals surface area contributed by atoms with E-state index in [-0.39, 0.29) is 12.5 Å². The molecule has 0 rings (SSSR count). The van der Waals surface area contributed by atoms with Crippen molar-refractivity contribution < 1.29 is 32.9 Å². The van der Waals surface area contributed by atoms with Gasteiger partial charge in [0.2, 0.25) is 5.91 Å². The molecular formula is C49H95N2O6P. The average molecular weight is 839 g/mol. The molecule has 0 aromatic rings. The normalized spacial score (nSPS) is 14.5. The monoisotopic (exact) mass is 839 g/mol. The van der Waals surface area contributed by atoms with Crippen molar-refractivity contribution in [1.82, 2.24) is 5.32 Å². The number of rotatable bonds is 44. The van der Waals surface area contributed by atoms with Crippen LogP contribution in [-0.2, 0) is 18.4 Å². The molecule has 0 heterocycles. The number of likely N-dealkylation sites (N-methyl/N-ethyl adjacent to an activating group) is 1. The highest BCUT2D eigenvalue weighted by Gasteiger charge is 2.23. The Bertz CT molecular complexity index is 1040. The van der Waals surface area contributed by atoms with E-state index in [1.54, 1.807) is 6.08 Å². The molecule has 0 spiro atoms. The van der Waals surface area contributed by atoms with Crippen LogP contribution in [0, 0.1) is 0 Å². The molecule has 2 N–H and O–H groups in total. The SMILES string of the molecule is CCC/C=C/CC/C=C/C(O)C(COP(=O)([O-])OCC[N+](C)(C)C)NC(=O)CCCCCCCCCCCCCCCCCCC/C=C\CCCCCCCCCC. The second-order valence-corrected chi connectivity index (χ2v) is 19.2. The Morgan fingerprint density at radius 2 is 1.00 bits per heavy atom. The number of hydrogen-bond donors (Lipinski definition) is 2. The molecule has 9 heteroatoms. The topological polar surface area (TPSA) is 108 Å². The molecule has 1 amide bonds. The molecular weight excluding hydrogens is 744 g/mol. The lowest BCUT2D eigenvalue weighted by atomic mass is 10.0. The Morgan fingerprint density at radius 3 is 1.47 bits per heavy atom. The summed E-state index contributed by atoms with van der Waals surface area (Å²) in [7, 11) is 1.24. The van der Waals surface area contributed by atoms with E-state index in [4.69, 9.17) is 9.05 Å². The van der Waals surface area contributed by atoms with Crippen LogP contribution in [0.2, 0.25) is 0 Å². The van der Waals surface area contributed by atoms with E-state index in [0.29, 0.717) is 17.4 Å². The zero-order chi connectivity index (χ0) is 42.8. The average Bonchev–Trinajstić information content (AvgIpc) is 3.17. The minimum Gasteiger partial charge on any atom is -0.756 e. The van der Waals surface area contributed by atoms with Gasteiger partial charge in [0.25, 0.3) is 7.82 Å². The van der Waals surface area contributed by atoms with E-state index < -0.39 is 26.6 Å². The molecule has 3 atom stereocenters. The van der Waals surface area contributed by atoms with Gasteiger partial charge in [-0.15, -0.1) is 0 Å². The van der Waals surface area contributed by atoms with Crippen LogP contribution >= 0.6 is 7.82 Å². The molecule has 0 aliphatic heterocycles. The Kier molecular flexibility index (Phi) is 40.2. The van der Waals surface area contributed by atoms with Crippen LogP contribution in [0.15, 0.2) is 36.5 Å². The first-order valence-electron chi connectivity index (χ1n) is 24.4. The maximum Gasteiger partial charge on any atom is 0.268 e. The number of phosphoric ester groups is 1. The van der Waals surface area contributed by atoms with Gasteiger partial charge < -0.3 is 28.8 Å². The predicted molar refractivity (Wildman–Crippen MR) is 247 cm³/mol. The number of nitrogens with zero attached hydrogens (tertiary/aromatic N) is 1. The van der Waals surface area contributed by atoms with Gasteiger partial charge in [-0.1, -0.05) is 198 Å². The van der Waals surface area contributed by atoms with Gasteiger partial charge in [0, 0.05) is 6.42 Å². The molecule has 0 fully saturated rings. The second-order valence-electron chi connectivity index (χ2n) is 17.8. The van der Waals surface area contributed by atoms with E-state index in [9.17, 15) is 19.4 Å². The molecule has 0 bridgehead atoms. The van der Waals surface area contributed by atoms with Crippen molar-refractivity contribution in [3.05, 3.63) is 36.5 Å². The summed E-state index contributed by atoms with van der Waals surface area (Å²) in [6, 6.07) is -0.898. The molecule has 0 aliphatic carbocycles. The summed E-state index contributed by atoms with van der Waals surface area (Å²) in [5.74, 6) is -0.210. The molecule has 0 aromatic heterocycles. The van der Waals surface area contributed by atoms with Gasteiger partial charge in [0.05, 0.1) is 39.9 Å². The Balaban J connectivity index is 3.95. The van der Waals surface area contributed by atoms with E-state index in [2.05, 4.69) is 43.5 Å². The van der Waals surface area contributed by atoms with Crippen LogP contribution in [0.4, 0.5) is 0 Å². The van der Waals surface area contributed by atoms with Gasteiger partial charge >= 0.3 is 0 Å². The molecule has 342 valence electrons. The highest BCUT2D eigenvalue weighted by Crippen LogP contribution is 2.38. The van der Waals surface area contributed by atoms with E-state index in [1.807, 2.05) is 27.2 Å². The molecule has 0 radical (unpaired) electrons. The lowest BCUT2D eigenvalue weighted by molar-refractivity contribution is -0.870. The number of amides is 1. The molecule has 3 unspecified atom stereocenters. The fourth-order valence-electron chi connectivity index (χ4n) is 6.94. The fourth-order valence-corrected chi connectivity index (χ4v) is 7.66. The maximum atomic E-state index is 12.8. The second kappa shape index (κ2) is 41.1. The quantitative estimate of drug-likeness (QED) is 0.0274. The maximum absolute atomic E-state index is 12.8. The van der Waals surface area contributed by atoms with Crippen molar-refractivity contribution in [1.29, 1.82) is 0 Å². The number of unbranched alkanes of at least 4 members (excludes halogenated alkanes) is 27. The molecule has 8 nitrogen and oxygen atoms in total. The number of phosphoric acid groups is 1. The van der Waals surface area contributed by atoms with Gasteiger partial charge in [-0.05, 0) is 51.4 Å². The highest BCUT2D eigenvalue weighted by atomic mass is 31.2. The van der Waals surface area contributed by atoms with Gasteiger partial charge in [-0.3, -0.25) is 9.36 Å². The Hall–Kier alpha value is -1.28. The van der Waals surface area contributed by atoms with Gasteiger partial charge in [-0.2, -0.15) is 0 Å². The lowest BCUT2D eigenvalue weighted by Gasteiger charge is -2.29. The van der Waals surface area contributed by atoms with Crippen molar-refractivity contribution in [3.63, 3.8) is 0 Å². The highest BCUT2D eigenvalue weighted by molar-refractivity contribution is 7.45. The molecule has 0 aromatic carbocycles. The number of aliphatic hydroxyl groups is 1. The summed E-state index contributed by atoms with van der Waals surface area (Å²) in [6.45, 7) is 4.52. The van der Waals surface area contributed by atoms with Crippen molar-refractivity contribution >= 4 is 13.7 Å². The summed E-state index contributed by atoms with van der Waals surface area (Å²) in [5, 5.41) is 13.6. The summed E-state index contributed by atoms with van der Waals surface area (Å²) in [6.07, 6.45) is 51.1. The summed E-state index contributed by atoms with van der Waals surface area (Å²) < 4.78 is 23.1. The standard InChI is InChI=1S/C49H95N2O6P/c1-6-8-10-12-14-15-16-17-18-19-20-21-22-23-24-25-26-27-28-29-30-31-32-33-34-35-37-39-41-43-49(53)50-47(48(52)42-40-38-36-13-11-9-7-2)46-57-58(54,55)56-45-44-51(3,4)5/h11,13,19-20,40,42,47-48,52H,6-10,12,14-18,21-39,41,43-46H2,1-5H3,(H-,50,53,54,55)/b13-11+,20-19-,42-40+. The van der Waals surface area contributed by atoms with Crippen molar-refractivity contribution in [2.75, 3.05) is 40.9 Å². The van der Waals surface area contributed by atoms with Crippen LogP contribution < -0.4 is 10.2 Å². The lowest BCUT2D eigenvalue weighted by Crippen LogP contribution is -2.45. The van der Waals surface area contributed by atoms with Crippen molar-refractivity contribution in [3.8, 4) is 0 Å². The van der Waals surface area contributed by atoms with Crippen LogP contribution in [0.5, 0.6) is 0 Å². The summed E-state index contributed by atoms with van der Waals surface area (Å²) in [5.41, 5.74) is 0. The molecule has 0 saturated carbocycles. The van der Waals surface area contributed by atoms with Gasteiger partial charge in [0.1, 0.15) is 13.2 Å². The first-order valence-corrected chi connectivity index (χ1v) is 25.8. The predicted octanol–water partition coefficient (Wildman–Crippen LogP) is 13.2. The van der Waals surface area contributed by atoms with Crippen LogP contribution in [0.1, 0.15) is 219 Å². The third-order valence-corrected chi connectivity index (χ3v) is 11.8. The molecule has 58 heavy (non-hydrogen) atoms. The smallest absolute Gasteiger partial charge is 0.268 e. The minimum absolute atomic E-state index is 0.00621. The van der Waals surface area contributed by atoms with Crippen molar-refractivity contribution in [2.24, 2.45) is 0 Å². The summed E-state index contributed by atoms with van der Waals surface area (Å²) in [4.78, 5) is 25.2. The first kappa shape index (κ1) is 56.7. The molecule has 0 saturated heterocycles. The first-order chi connectivity index (χ1) is 28.0. The van der Waals surface area contributed by atoms with Crippen LogP contribution in [-0.4, -0.2) is 68.5 Å². The van der Waals surface area contributed by atoms with E-state index in [1.165, 1.54) is 154 Å². The number of allylic oxidation sites excluding steroid dienone is 5. The zero-order valence-electron chi connectivity index (χ0n) is 38.8. The van der Waals surface area contributed by atoms with Crippen LogP contribution in [0.3, 0.4) is 0 Å². The molecule has 0 aliphatic rings. The third-order valence-electron chi connectivity index (χ3n) is 10.8. The Morgan fingerprint density at radius 1 is 0.586 bits per heavy atom. The number of nitrogens with one attached hydrogen (secondary N) is 1. The largest absolute Gasteiger partial charge is 0.756 e. The number of aliphatic hydroxyl groups excluding tert-OH is 1. The van der Waals surface area contributed by atoms with E-state index >= 15 is 0 Å². The number of carbonyl (C=O) groups excluding carboxylic acids is 1. The minimum atomic E-state index is -4.58. The van der Waals surface area contributed by atoms with Gasteiger partial charge in [0.15, 0.2) is 0 Å². The van der Waals surface area contributed by atoms with Crippen LogP contribution in [0.25, 0.3) is 0 Å². The zero-order valence-corrected chi connectivity index (χ0v) is 39.6. The fraction of sp³-hybridized carbons (Fsp3) is 0.857. The van der Waals surface area contributed by atoms with E-state index in [0.717, 1.165) is 44.9 Å². The third kappa shape index (κ3) is 42.8. The number of quaternary nitrogens is 1. The summed E-state index contributed by atoms with van der Waals surface area (Å²) >= 11 is 0.